The number of carbonyl (C=O) groups is 2. The van der Waals surface area contributed by atoms with Crippen molar-refractivity contribution < 1.29 is 19.4 Å². The van der Waals surface area contributed by atoms with Crippen LogP contribution in [0.3, 0.4) is 0 Å². The van der Waals surface area contributed by atoms with Gasteiger partial charge in [0.05, 0.1) is 18.2 Å². The molecule has 0 saturated heterocycles. The molecule has 2 N–H and O–H groups in total. The van der Waals surface area contributed by atoms with E-state index in [-0.39, 0.29) is 18.0 Å². The van der Waals surface area contributed by atoms with E-state index in [4.69, 9.17) is 0 Å². The van der Waals surface area contributed by atoms with Gasteiger partial charge in [-0.15, -0.1) is 10.2 Å². The average molecular weight is 477 g/mol. The molecule has 0 fully saturated rings. The van der Waals surface area contributed by atoms with Crippen molar-refractivity contribution in [1.29, 1.82) is 0 Å². The summed E-state index contributed by atoms with van der Waals surface area (Å²) in [6.07, 6.45) is 0.638. The van der Waals surface area contributed by atoms with Crippen LogP contribution in [0.5, 0.6) is 5.88 Å². The van der Waals surface area contributed by atoms with Crippen LogP contribution in [-0.2, 0) is 16.0 Å². The number of aromatic nitrogens is 1. The molecule has 0 atom stereocenters. The van der Waals surface area contributed by atoms with Crippen molar-refractivity contribution in [2.75, 3.05) is 7.11 Å². The Morgan fingerprint density at radius 1 is 1.19 bits per heavy atom. The molecule has 0 aliphatic carbocycles. The first-order valence-electron chi connectivity index (χ1n) is 8.10. The molecule has 2 aromatic carbocycles. The topological polar surface area (TPSA) is 104 Å². The number of rotatable bonds is 5. The van der Waals surface area contributed by atoms with Gasteiger partial charge in [-0.3, -0.25) is 4.79 Å². The molecule has 138 valence electrons. The number of ether oxygens (including phenoxy) is 1. The Labute approximate surface area is 168 Å². The molecule has 0 saturated carbocycles. The van der Waals surface area contributed by atoms with Crippen LogP contribution >= 0.6 is 22.6 Å². The lowest BCUT2D eigenvalue weighted by Gasteiger charge is -2.01. The number of methoxy groups -OCH3 is 1. The lowest BCUT2D eigenvalue weighted by atomic mass is 10.1. The van der Waals surface area contributed by atoms with E-state index in [0.717, 1.165) is 14.7 Å². The minimum Gasteiger partial charge on any atom is -0.493 e. The van der Waals surface area contributed by atoms with Crippen LogP contribution < -0.4 is 0 Å². The third-order valence-corrected chi connectivity index (χ3v) is 4.65. The highest BCUT2D eigenvalue weighted by Crippen LogP contribution is 2.36. The van der Waals surface area contributed by atoms with E-state index in [0.29, 0.717) is 17.4 Å². The standard InChI is InChI=1S/C19H16IN3O4/c1-27-19(26)12-5-2-11(3-6-12)4-9-16(24)22-23-17-14-10-13(20)7-8-15(14)21-18(17)25/h2-3,5-8,10,21,25H,4,9H2,1H3. The molecule has 0 radical (unpaired) electrons. The molecule has 8 heteroatoms. The molecule has 3 aromatic rings. The Morgan fingerprint density at radius 2 is 1.93 bits per heavy atom. The zero-order valence-electron chi connectivity index (χ0n) is 14.4. The number of halogens is 1. The zero-order chi connectivity index (χ0) is 19.4. The second-order valence-electron chi connectivity index (χ2n) is 5.79. The van der Waals surface area contributed by atoms with E-state index in [2.05, 4.69) is 42.5 Å². The molecule has 0 spiro atoms. The van der Waals surface area contributed by atoms with E-state index in [1.54, 1.807) is 24.3 Å². The fraction of sp³-hybridized carbons (Fsp3) is 0.158. The third kappa shape index (κ3) is 4.51. The zero-order valence-corrected chi connectivity index (χ0v) is 16.6. The van der Waals surface area contributed by atoms with E-state index in [9.17, 15) is 14.7 Å². The maximum absolute atomic E-state index is 12.0. The van der Waals surface area contributed by atoms with E-state index >= 15 is 0 Å². The number of aryl methyl sites for hydroxylation is 1. The number of aromatic hydroxyl groups is 1. The number of benzene rings is 2. The molecule has 0 aliphatic rings. The molecular weight excluding hydrogens is 461 g/mol. The van der Waals surface area contributed by atoms with Crippen molar-refractivity contribution in [1.82, 2.24) is 4.98 Å². The van der Waals surface area contributed by atoms with Gasteiger partial charge in [-0.05, 0) is 64.9 Å². The van der Waals surface area contributed by atoms with Crippen molar-refractivity contribution in [2.45, 2.75) is 12.8 Å². The Hall–Kier alpha value is -2.75. The van der Waals surface area contributed by atoms with Crippen LogP contribution in [-0.4, -0.2) is 29.1 Å². The maximum Gasteiger partial charge on any atom is 0.337 e. The predicted molar refractivity (Wildman–Crippen MR) is 108 cm³/mol. The summed E-state index contributed by atoms with van der Waals surface area (Å²) in [5.74, 6) is -0.923. The largest absolute Gasteiger partial charge is 0.493 e. The van der Waals surface area contributed by atoms with Crippen LogP contribution in [0, 0.1) is 3.57 Å². The lowest BCUT2D eigenvalue weighted by molar-refractivity contribution is -0.118. The third-order valence-electron chi connectivity index (χ3n) is 3.98. The summed E-state index contributed by atoms with van der Waals surface area (Å²) in [5, 5.41) is 18.3. The number of azo groups is 1. The van der Waals surface area contributed by atoms with Crippen molar-refractivity contribution in [2.24, 2.45) is 10.2 Å². The van der Waals surface area contributed by atoms with Gasteiger partial charge in [0.15, 0.2) is 5.69 Å². The number of fused-ring (bicyclic) bond motifs is 1. The summed E-state index contributed by atoms with van der Waals surface area (Å²) in [4.78, 5) is 26.2. The summed E-state index contributed by atoms with van der Waals surface area (Å²) in [7, 11) is 1.33. The predicted octanol–water partition coefficient (Wildman–Crippen LogP) is 4.51. The number of amides is 1. The first-order chi connectivity index (χ1) is 13.0. The molecular formula is C19H16IN3O4. The van der Waals surface area contributed by atoms with Crippen LogP contribution in [0.4, 0.5) is 5.69 Å². The first-order valence-corrected chi connectivity index (χ1v) is 9.18. The van der Waals surface area contributed by atoms with Crippen LogP contribution in [0.1, 0.15) is 22.3 Å². The Kier molecular flexibility index (Phi) is 5.84. The van der Waals surface area contributed by atoms with Crippen LogP contribution in [0.15, 0.2) is 52.7 Å². The number of hydrogen-bond acceptors (Lipinski definition) is 5. The second-order valence-corrected chi connectivity index (χ2v) is 7.04. The molecule has 1 aromatic heterocycles. The summed E-state index contributed by atoms with van der Waals surface area (Å²) >= 11 is 2.16. The quantitative estimate of drug-likeness (QED) is 0.321. The average Bonchev–Trinajstić information content (AvgIpc) is 2.98. The number of H-pyrrole nitrogens is 1. The summed E-state index contributed by atoms with van der Waals surface area (Å²) in [6, 6.07) is 12.4. The van der Waals surface area contributed by atoms with Gasteiger partial charge in [-0.25, -0.2) is 4.79 Å². The fourth-order valence-corrected chi connectivity index (χ4v) is 3.06. The Balaban J connectivity index is 1.65. The molecule has 7 nitrogen and oxygen atoms in total. The fourth-order valence-electron chi connectivity index (χ4n) is 2.57. The van der Waals surface area contributed by atoms with Crippen LogP contribution in [0.2, 0.25) is 0 Å². The van der Waals surface area contributed by atoms with Gasteiger partial charge in [0.25, 0.3) is 5.91 Å². The highest BCUT2D eigenvalue weighted by atomic mass is 127. The van der Waals surface area contributed by atoms with Gasteiger partial charge in [-0.1, -0.05) is 12.1 Å². The number of carbonyl (C=O) groups excluding carboxylic acids is 2. The minimum absolute atomic E-state index is 0.123. The van der Waals surface area contributed by atoms with Gasteiger partial charge >= 0.3 is 5.97 Å². The molecule has 27 heavy (non-hydrogen) atoms. The van der Waals surface area contributed by atoms with Crippen molar-refractivity contribution in [3.05, 3.63) is 57.2 Å². The minimum atomic E-state index is -0.403. The Bertz CT molecular complexity index is 1030. The molecule has 1 heterocycles. The molecule has 3 rings (SSSR count). The smallest absolute Gasteiger partial charge is 0.337 e. The van der Waals surface area contributed by atoms with Gasteiger partial charge in [0, 0.05) is 15.4 Å². The first kappa shape index (κ1) is 19.0. The van der Waals surface area contributed by atoms with Gasteiger partial charge in [0.1, 0.15) is 0 Å². The van der Waals surface area contributed by atoms with E-state index in [1.165, 1.54) is 7.11 Å². The number of esters is 1. The molecule has 1 amide bonds. The number of hydrogen-bond donors (Lipinski definition) is 2. The van der Waals surface area contributed by atoms with Gasteiger partial charge < -0.3 is 14.8 Å². The maximum atomic E-state index is 12.0. The number of nitrogens with zero attached hydrogens (tertiary/aromatic N) is 2. The molecule has 0 bridgehead atoms. The van der Waals surface area contributed by atoms with Gasteiger partial charge in [0.2, 0.25) is 5.88 Å². The SMILES string of the molecule is COC(=O)c1ccc(CCC(=O)N=Nc2c(O)[nH]c3ccc(I)cc23)cc1. The number of nitrogens with one attached hydrogen (secondary N) is 1. The lowest BCUT2D eigenvalue weighted by Crippen LogP contribution is -2.01. The second kappa shape index (κ2) is 8.30. The van der Waals surface area contributed by atoms with E-state index in [1.807, 2.05) is 18.2 Å². The Morgan fingerprint density at radius 3 is 2.63 bits per heavy atom. The van der Waals surface area contributed by atoms with Gasteiger partial charge in [-0.2, -0.15) is 0 Å². The van der Waals surface area contributed by atoms with E-state index < -0.39 is 11.9 Å². The molecule has 0 unspecified atom stereocenters. The summed E-state index contributed by atoms with van der Waals surface area (Å²) in [6.45, 7) is 0. The van der Waals surface area contributed by atoms with Crippen LogP contribution in [0.25, 0.3) is 10.9 Å². The van der Waals surface area contributed by atoms with Crippen molar-refractivity contribution in [3.8, 4) is 5.88 Å². The normalized spacial score (nSPS) is 11.2. The summed E-state index contributed by atoms with van der Waals surface area (Å²) < 4.78 is 5.63. The van der Waals surface area contributed by atoms with Crippen molar-refractivity contribution in [3.63, 3.8) is 0 Å². The monoisotopic (exact) mass is 477 g/mol. The molecule has 0 aliphatic heterocycles. The number of aromatic amines is 1. The highest BCUT2D eigenvalue weighted by molar-refractivity contribution is 14.1. The van der Waals surface area contributed by atoms with Crippen molar-refractivity contribution >= 4 is 51.1 Å². The summed E-state index contributed by atoms with van der Waals surface area (Å²) in [5.41, 5.74) is 2.33. The highest BCUT2D eigenvalue weighted by Gasteiger charge is 2.11.